The molecule has 2 aromatic rings. The Morgan fingerprint density at radius 2 is 1.97 bits per heavy atom. The lowest BCUT2D eigenvalue weighted by Crippen LogP contribution is -2.39. The Bertz CT molecular complexity index is 880. The van der Waals surface area contributed by atoms with Gasteiger partial charge in [-0.1, -0.05) is 0 Å². The molecule has 0 radical (unpaired) electrons. The van der Waals surface area contributed by atoms with Crippen LogP contribution in [0.25, 0.3) is 0 Å². The highest BCUT2D eigenvalue weighted by atomic mass is 16.5. The van der Waals surface area contributed by atoms with Gasteiger partial charge in [-0.2, -0.15) is 0 Å². The lowest BCUT2D eigenvalue weighted by molar-refractivity contribution is -0.132. The molecule has 1 aliphatic rings. The number of methoxy groups -OCH3 is 2. The fraction of sp³-hybridized carbons (Fsp3) is 0.478. The SMILES string of the molecule is CCNC(=NCc1ccco1)NCCCC(=O)N1CCc2cc(OC)c(OC)cc2C1. The van der Waals surface area contributed by atoms with Gasteiger partial charge in [-0.15, -0.1) is 0 Å². The Morgan fingerprint density at radius 1 is 1.19 bits per heavy atom. The maximum Gasteiger partial charge on any atom is 0.222 e. The van der Waals surface area contributed by atoms with E-state index in [1.807, 2.05) is 36.1 Å². The zero-order chi connectivity index (χ0) is 22.1. The van der Waals surface area contributed by atoms with Gasteiger partial charge in [0.25, 0.3) is 0 Å². The van der Waals surface area contributed by atoms with E-state index in [9.17, 15) is 4.79 Å². The summed E-state index contributed by atoms with van der Waals surface area (Å²) in [7, 11) is 3.27. The number of carbonyl (C=O) groups excluding carboxylic acids is 1. The Hall–Kier alpha value is -3.16. The van der Waals surface area contributed by atoms with Crippen LogP contribution in [0.4, 0.5) is 0 Å². The van der Waals surface area contributed by atoms with E-state index in [0.717, 1.165) is 49.0 Å². The van der Waals surface area contributed by atoms with Crippen LogP contribution in [0.15, 0.2) is 39.9 Å². The third kappa shape index (κ3) is 6.16. The van der Waals surface area contributed by atoms with Crippen molar-refractivity contribution in [1.29, 1.82) is 0 Å². The van der Waals surface area contributed by atoms with Crippen molar-refractivity contribution in [3.05, 3.63) is 47.4 Å². The van der Waals surface area contributed by atoms with Gasteiger partial charge in [0.05, 0.1) is 20.5 Å². The summed E-state index contributed by atoms with van der Waals surface area (Å²) >= 11 is 0. The summed E-state index contributed by atoms with van der Waals surface area (Å²) < 4.78 is 16.1. The van der Waals surface area contributed by atoms with Crippen molar-refractivity contribution in [2.75, 3.05) is 33.9 Å². The standard InChI is InChI=1S/C23H32N4O4/c1-4-24-23(26-15-19-7-6-12-31-19)25-10-5-8-22(28)27-11-9-17-13-20(29-2)21(30-3)14-18(17)16-27/h6-7,12-14H,4-5,8-11,15-16H2,1-3H3,(H2,24,25,26). The number of ether oxygens (including phenoxy) is 2. The summed E-state index contributed by atoms with van der Waals surface area (Å²) in [5.41, 5.74) is 2.33. The van der Waals surface area contributed by atoms with Crippen molar-refractivity contribution in [2.24, 2.45) is 4.99 Å². The summed E-state index contributed by atoms with van der Waals surface area (Å²) in [5.74, 6) is 3.13. The van der Waals surface area contributed by atoms with E-state index in [-0.39, 0.29) is 5.91 Å². The molecule has 3 rings (SSSR count). The topological polar surface area (TPSA) is 88.3 Å². The molecule has 0 unspecified atom stereocenters. The summed E-state index contributed by atoms with van der Waals surface area (Å²) in [5, 5.41) is 6.49. The second-order valence-electron chi connectivity index (χ2n) is 7.35. The van der Waals surface area contributed by atoms with Gasteiger partial charge in [0, 0.05) is 32.6 Å². The number of furan rings is 1. The van der Waals surface area contributed by atoms with Crippen LogP contribution in [0.3, 0.4) is 0 Å². The number of nitrogens with one attached hydrogen (secondary N) is 2. The van der Waals surface area contributed by atoms with E-state index in [2.05, 4.69) is 15.6 Å². The molecule has 0 bridgehead atoms. The first-order valence-corrected chi connectivity index (χ1v) is 10.7. The molecule has 0 spiro atoms. The van der Waals surface area contributed by atoms with Crippen molar-refractivity contribution in [1.82, 2.24) is 15.5 Å². The number of benzene rings is 1. The number of hydrogen-bond acceptors (Lipinski definition) is 5. The van der Waals surface area contributed by atoms with Crippen molar-refractivity contribution in [3.63, 3.8) is 0 Å². The minimum Gasteiger partial charge on any atom is -0.493 e. The summed E-state index contributed by atoms with van der Waals surface area (Å²) in [4.78, 5) is 19.1. The molecule has 8 heteroatoms. The van der Waals surface area contributed by atoms with E-state index >= 15 is 0 Å². The van der Waals surface area contributed by atoms with Crippen LogP contribution >= 0.6 is 0 Å². The summed E-state index contributed by atoms with van der Waals surface area (Å²) in [6.07, 6.45) is 3.69. The minimum atomic E-state index is 0.166. The molecule has 0 saturated carbocycles. The van der Waals surface area contributed by atoms with Crippen molar-refractivity contribution < 1.29 is 18.7 Å². The molecule has 1 aromatic heterocycles. The molecule has 168 valence electrons. The number of carbonyl (C=O) groups is 1. The second-order valence-corrected chi connectivity index (χ2v) is 7.35. The number of aliphatic imine (C=N–C) groups is 1. The highest BCUT2D eigenvalue weighted by Crippen LogP contribution is 2.33. The van der Waals surface area contributed by atoms with Crippen LogP contribution in [0.5, 0.6) is 11.5 Å². The molecule has 8 nitrogen and oxygen atoms in total. The van der Waals surface area contributed by atoms with E-state index in [1.165, 1.54) is 5.56 Å². The van der Waals surface area contributed by atoms with Gasteiger partial charge in [-0.25, -0.2) is 4.99 Å². The Morgan fingerprint density at radius 3 is 2.65 bits per heavy atom. The first-order chi connectivity index (χ1) is 15.1. The monoisotopic (exact) mass is 428 g/mol. The van der Waals surface area contributed by atoms with Crippen molar-refractivity contribution >= 4 is 11.9 Å². The van der Waals surface area contributed by atoms with Gasteiger partial charge in [0.15, 0.2) is 17.5 Å². The highest BCUT2D eigenvalue weighted by molar-refractivity contribution is 5.80. The zero-order valence-corrected chi connectivity index (χ0v) is 18.6. The fourth-order valence-corrected chi connectivity index (χ4v) is 3.60. The average Bonchev–Trinajstić information content (AvgIpc) is 3.32. The van der Waals surface area contributed by atoms with Crippen molar-refractivity contribution in [3.8, 4) is 11.5 Å². The number of nitrogens with zero attached hydrogens (tertiary/aromatic N) is 2. The summed E-state index contributed by atoms with van der Waals surface area (Å²) in [6, 6.07) is 7.74. The van der Waals surface area contributed by atoms with Crippen LogP contribution in [0, 0.1) is 0 Å². The average molecular weight is 429 g/mol. The third-order valence-electron chi connectivity index (χ3n) is 5.25. The molecular formula is C23H32N4O4. The number of fused-ring (bicyclic) bond motifs is 1. The highest BCUT2D eigenvalue weighted by Gasteiger charge is 2.22. The predicted molar refractivity (Wildman–Crippen MR) is 119 cm³/mol. The van der Waals surface area contributed by atoms with Gasteiger partial charge < -0.3 is 29.4 Å². The molecule has 2 N–H and O–H groups in total. The van der Waals surface area contributed by atoms with E-state index in [1.54, 1.807) is 20.5 Å². The van der Waals surface area contributed by atoms with E-state index in [0.29, 0.717) is 31.8 Å². The maximum atomic E-state index is 12.7. The number of rotatable bonds is 9. The zero-order valence-electron chi connectivity index (χ0n) is 18.6. The maximum absolute atomic E-state index is 12.7. The quantitative estimate of drug-likeness (QED) is 0.363. The Kier molecular flexibility index (Phi) is 8.20. The molecule has 31 heavy (non-hydrogen) atoms. The Balaban J connectivity index is 1.47. The first kappa shape index (κ1) is 22.5. The van der Waals surface area contributed by atoms with Gasteiger partial charge in [0.2, 0.25) is 5.91 Å². The lowest BCUT2D eigenvalue weighted by atomic mass is 9.98. The van der Waals surface area contributed by atoms with Crippen LogP contribution in [-0.4, -0.2) is 50.6 Å². The normalized spacial score (nSPS) is 13.5. The van der Waals surface area contributed by atoms with Crippen LogP contribution in [0.1, 0.15) is 36.7 Å². The van der Waals surface area contributed by atoms with Crippen LogP contribution < -0.4 is 20.1 Å². The van der Waals surface area contributed by atoms with Crippen molar-refractivity contribution in [2.45, 2.75) is 39.3 Å². The second kappa shape index (κ2) is 11.3. The summed E-state index contributed by atoms with van der Waals surface area (Å²) in [6.45, 7) is 5.27. The fourth-order valence-electron chi connectivity index (χ4n) is 3.60. The number of guanidine groups is 1. The predicted octanol–water partition coefficient (Wildman–Crippen LogP) is 2.72. The Labute approximate surface area is 183 Å². The smallest absolute Gasteiger partial charge is 0.222 e. The van der Waals surface area contributed by atoms with Gasteiger partial charge in [-0.05, 0) is 55.2 Å². The van der Waals surface area contributed by atoms with Gasteiger partial charge in [-0.3, -0.25) is 4.79 Å². The number of amides is 1. The van der Waals surface area contributed by atoms with Crippen LogP contribution in [0.2, 0.25) is 0 Å². The molecule has 1 aliphatic heterocycles. The van der Waals surface area contributed by atoms with Crippen LogP contribution in [-0.2, 0) is 24.3 Å². The van der Waals surface area contributed by atoms with Gasteiger partial charge >= 0.3 is 0 Å². The molecule has 0 fully saturated rings. The lowest BCUT2D eigenvalue weighted by Gasteiger charge is -2.29. The molecular weight excluding hydrogens is 396 g/mol. The first-order valence-electron chi connectivity index (χ1n) is 10.7. The number of hydrogen-bond donors (Lipinski definition) is 2. The molecule has 0 aliphatic carbocycles. The molecule has 0 saturated heterocycles. The van der Waals surface area contributed by atoms with E-state index < -0.39 is 0 Å². The minimum absolute atomic E-state index is 0.166. The largest absolute Gasteiger partial charge is 0.493 e. The molecule has 0 atom stereocenters. The van der Waals surface area contributed by atoms with Gasteiger partial charge in [0.1, 0.15) is 12.3 Å². The third-order valence-corrected chi connectivity index (χ3v) is 5.25. The van der Waals surface area contributed by atoms with E-state index in [4.69, 9.17) is 13.9 Å². The molecule has 1 amide bonds. The molecule has 2 heterocycles. The molecule has 1 aromatic carbocycles.